The van der Waals surface area contributed by atoms with Gasteiger partial charge in [-0.1, -0.05) is 13.8 Å². The maximum absolute atomic E-state index is 4.70. The van der Waals surface area contributed by atoms with Crippen LogP contribution >= 0.6 is 11.3 Å². The van der Waals surface area contributed by atoms with Crippen molar-refractivity contribution < 1.29 is 0 Å². The summed E-state index contributed by atoms with van der Waals surface area (Å²) in [6.45, 7) is 8.14. The van der Waals surface area contributed by atoms with Gasteiger partial charge in [-0.3, -0.25) is 4.90 Å². The second kappa shape index (κ2) is 5.78. The van der Waals surface area contributed by atoms with Gasteiger partial charge in [0.05, 0.1) is 10.7 Å². The van der Waals surface area contributed by atoms with Crippen molar-refractivity contribution >= 4 is 11.3 Å². The third kappa shape index (κ3) is 3.29. The molecule has 0 bridgehead atoms. The van der Waals surface area contributed by atoms with Crippen LogP contribution in [-0.2, 0) is 13.0 Å². The first-order valence-electron chi connectivity index (χ1n) is 6.43. The Bertz CT molecular complexity index is 321. The molecule has 0 N–H and O–H groups in total. The highest BCUT2D eigenvalue weighted by molar-refractivity contribution is 7.09. The third-order valence-corrected chi connectivity index (χ3v) is 4.15. The van der Waals surface area contributed by atoms with E-state index in [0.717, 1.165) is 18.9 Å². The smallest absolute Gasteiger partial charge is 0.0928 e. The monoisotopic (exact) mass is 238 g/mol. The molecule has 16 heavy (non-hydrogen) atoms. The highest BCUT2D eigenvalue weighted by Gasteiger charge is 2.17. The van der Waals surface area contributed by atoms with E-state index < -0.39 is 0 Å². The van der Waals surface area contributed by atoms with Crippen LogP contribution in [0.2, 0.25) is 0 Å². The van der Waals surface area contributed by atoms with E-state index in [1.165, 1.54) is 43.1 Å². The highest BCUT2D eigenvalue weighted by atomic mass is 32.1. The highest BCUT2D eigenvalue weighted by Crippen LogP contribution is 2.19. The van der Waals surface area contributed by atoms with Gasteiger partial charge in [0.1, 0.15) is 0 Å². The molecule has 0 amide bonds. The van der Waals surface area contributed by atoms with Crippen LogP contribution in [0.1, 0.15) is 43.8 Å². The van der Waals surface area contributed by atoms with Crippen LogP contribution < -0.4 is 0 Å². The minimum Gasteiger partial charge on any atom is -0.297 e. The van der Waals surface area contributed by atoms with Crippen molar-refractivity contribution in [3.8, 4) is 0 Å². The van der Waals surface area contributed by atoms with Gasteiger partial charge in [0.2, 0.25) is 0 Å². The molecule has 2 heterocycles. The lowest BCUT2D eigenvalue weighted by Crippen LogP contribution is -2.33. The van der Waals surface area contributed by atoms with Gasteiger partial charge in [0.15, 0.2) is 0 Å². The fraction of sp³-hybridized carbons (Fsp3) is 0.769. The number of nitrogens with zero attached hydrogens (tertiary/aromatic N) is 2. The maximum atomic E-state index is 4.70. The zero-order valence-corrected chi connectivity index (χ0v) is 11.2. The Labute approximate surface area is 103 Å². The number of hydrogen-bond acceptors (Lipinski definition) is 3. The van der Waals surface area contributed by atoms with Crippen LogP contribution in [-0.4, -0.2) is 23.0 Å². The topological polar surface area (TPSA) is 16.1 Å². The largest absolute Gasteiger partial charge is 0.297 e. The van der Waals surface area contributed by atoms with E-state index in [9.17, 15) is 0 Å². The Morgan fingerprint density at radius 1 is 1.56 bits per heavy atom. The van der Waals surface area contributed by atoms with E-state index >= 15 is 0 Å². The van der Waals surface area contributed by atoms with E-state index in [-0.39, 0.29) is 0 Å². The number of piperidine rings is 1. The van der Waals surface area contributed by atoms with E-state index in [2.05, 4.69) is 24.1 Å². The Balaban J connectivity index is 1.87. The summed E-state index contributed by atoms with van der Waals surface area (Å²) < 4.78 is 0. The molecule has 2 rings (SSSR count). The molecule has 0 spiro atoms. The normalized spacial score (nSPS) is 22.5. The molecular weight excluding hydrogens is 216 g/mol. The average molecular weight is 238 g/mol. The molecule has 2 nitrogen and oxygen atoms in total. The molecule has 0 aliphatic carbocycles. The van der Waals surface area contributed by atoms with Crippen LogP contribution in [0.4, 0.5) is 0 Å². The van der Waals surface area contributed by atoms with Crippen molar-refractivity contribution in [1.82, 2.24) is 9.88 Å². The quantitative estimate of drug-likeness (QED) is 0.800. The lowest BCUT2D eigenvalue weighted by molar-refractivity contribution is 0.175. The second-order valence-corrected chi connectivity index (χ2v) is 5.91. The molecule has 1 aromatic heterocycles. The summed E-state index contributed by atoms with van der Waals surface area (Å²) in [6, 6.07) is 0. The molecule has 1 atom stereocenters. The first-order chi connectivity index (χ1) is 7.78. The Morgan fingerprint density at radius 2 is 2.44 bits per heavy atom. The zero-order valence-electron chi connectivity index (χ0n) is 10.4. The first kappa shape index (κ1) is 12.1. The van der Waals surface area contributed by atoms with E-state index in [4.69, 9.17) is 4.98 Å². The summed E-state index contributed by atoms with van der Waals surface area (Å²) in [4.78, 5) is 7.25. The van der Waals surface area contributed by atoms with Crippen molar-refractivity contribution in [3.05, 3.63) is 16.1 Å². The molecule has 0 radical (unpaired) electrons. The number of thiazole rings is 1. The predicted molar refractivity (Wildman–Crippen MR) is 69.8 cm³/mol. The molecule has 0 saturated carbocycles. The predicted octanol–water partition coefficient (Wildman–Crippen LogP) is 3.33. The van der Waals surface area contributed by atoms with Crippen molar-refractivity contribution in [2.45, 2.75) is 46.1 Å². The van der Waals surface area contributed by atoms with Crippen LogP contribution in [0.3, 0.4) is 0 Å². The van der Waals surface area contributed by atoms with E-state index in [1.54, 1.807) is 0 Å². The lowest BCUT2D eigenvalue weighted by Gasteiger charge is -2.30. The Kier molecular flexibility index (Phi) is 4.36. The van der Waals surface area contributed by atoms with Gasteiger partial charge in [-0.15, -0.1) is 11.3 Å². The van der Waals surface area contributed by atoms with Crippen LogP contribution in [0, 0.1) is 5.92 Å². The summed E-state index contributed by atoms with van der Waals surface area (Å²) in [5.41, 5.74) is 1.28. The van der Waals surface area contributed by atoms with Gasteiger partial charge in [-0.25, -0.2) is 4.98 Å². The zero-order chi connectivity index (χ0) is 11.4. The SMILES string of the molecule is CCCc1nc(CN2CCC[C@H](C)C2)cs1. The average Bonchev–Trinajstić information content (AvgIpc) is 2.66. The minimum absolute atomic E-state index is 0.863. The van der Waals surface area contributed by atoms with Crippen molar-refractivity contribution in [2.75, 3.05) is 13.1 Å². The molecular formula is C13H22N2S. The lowest BCUT2D eigenvalue weighted by atomic mass is 10.0. The van der Waals surface area contributed by atoms with Gasteiger partial charge in [0.25, 0.3) is 0 Å². The summed E-state index contributed by atoms with van der Waals surface area (Å²) in [5, 5.41) is 3.55. The number of aryl methyl sites for hydroxylation is 1. The minimum atomic E-state index is 0.863. The summed E-state index contributed by atoms with van der Waals surface area (Å²) >= 11 is 1.83. The van der Waals surface area contributed by atoms with E-state index in [1.807, 2.05) is 11.3 Å². The molecule has 1 saturated heterocycles. The number of hydrogen-bond donors (Lipinski definition) is 0. The fourth-order valence-electron chi connectivity index (χ4n) is 2.41. The van der Waals surface area contributed by atoms with Gasteiger partial charge >= 0.3 is 0 Å². The first-order valence-corrected chi connectivity index (χ1v) is 7.31. The standard InChI is InChI=1S/C13H22N2S/c1-3-5-13-14-12(10-16-13)9-15-7-4-6-11(2)8-15/h10-11H,3-9H2,1-2H3/t11-/m0/s1. The maximum Gasteiger partial charge on any atom is 0.0928 e. The molecule has 0 unspecified atom stereocenters. The van der Waals surface area contributed by atoms with Gasteiger partial charge in [-0.2, -0.15) is 0 Å². The number of rotatable bonds is 4. The Hall–Kier alpha value is -0.410. The van der Waals surface area contributed by atoms with Crippen LogP contribution in [0.15, 0.2) is 5.38 Å². The molecule has 1 aliphatic heterocycles. The molecule has 1 aliphatic rings. The van der Waals surface area contributed by atoms with Crippen LogP contribution in [0.5, 0.6) is 0 Å². The van der Waals surface area contributed by atoms with Crippen molar-refractivity contribution in [1.29, 1.82) is 0 Å². The van der Waals surface area contributed by atoms with E-state index in [0.29, 0.717) is 0 Å². The van der Waals surface area contributed by atoms with Crippen molar-refractivity contribution in [3.63, 3.8) is 0 Å². The molecule has 90 valence electrons. The summed E-state index contributed by atoms with van der Waals surface area (Å²) in [6.07, 6.45) is 5.09. The molecule has 3 heteroatoms. The summed E-state index contributed by atoms with van der Waals surface area (Å²) in [5.74, 6) is 0.863. The second-order valence-electron chi connectivity index (χ2n) is 4.97. The Morgan fingerprint density at radius 3 is 3.19 bits per heavy atom. The number of aromatic nitrogens is 1. The van der Waals surface area contributed by atoms with Crippen molar-refractivity contribution in [2.24, 2.45) is 5.92 Å². The molecule has 1 fully saturated rings. The third-order valence-electron chi connectivity index (χ3n) is 3.19. The fourth-order valence-corrected chi connectivity index (χ4v) is 3.30. The number of likely N-dealkylation sites (tertiary alicyclic amines) is 1. The molecule has 0 aromatic carbocycles. The molecule has 1 aromatic rings. The van der Waals surface area contributed by atoms with Crippen LogP contribution in [0.25, 0.3) is 0 Å². The summed E-state index contributed by atoms with van der Waals surface area (Å²) in [7, 11) is 0. The van der Waals surface area contributed by atoms with Gasteiger partial charge in [-0.05, 0) is 38.1 Å². The van der Waals surface area contributed by atoms with Gasteiger partial charge < -0.3 is 0 Å². The van der Waals surface area contributed by atoms with Gasteiger partial charge in [0, 0.05) is 18.5 Å².